The highest BCUT2D eigenvalue weighted by Crippen LogP contribution is 2.29. The molecule has 1 fully saturated rings. The SMILES string of the molecule is CNC(CSC1CCCCC1)Cc1ccc(F)cc1Cl. The van der Waals surface area contributed by atoms with Gasteiger partial charge in [-0.25, -0.2) is 4.39 Å². The Morgan fingerprint density at radius 2 is 2.10 bits per heavy atom. The summed E-state index contributed by atoms with van der Waals surface area (Å²) in [6.45, 7) is 0. The lowest BCUT2D eigenvalue weighted by atomic mass is 10.0. The largest absolute Gasteiger partial charge is 0.316 e. The second kappa shape index (κ2) is 8.26. The van der Waals surface area contributed by atoms with E-state index in [1.165, 1.54) is 44.2 Å². The average molecular weight is 316 g/mol. The number of halogens is 2. The van der Waals surface area contributed by atoms with Crippen molar-refractivity contribution in [2.75, 3.05) is 12.8 Å². The Balaban J connectivity index is 1.84. The van der Waals surface area contributed by atoms with Crippen molar-refractivity contribution in [3.63, 3.8) is 0 Å². The van der Waals surface area contributed by atoms with E-state index in [-0.39, 0.29) is 5.82 Å². The zero-order valence-electron chi connectivity index (χ0n) is 12.0. The van der Waals surface area contributed by atoms with E-state index in [2.05, 4.69) is 17.1 Å². The van der Waals surface area contributed by atoms with Crippen molar-refractivity contribution in [2.24, 2.45) is 0 Å². The van der Waals surface area contributed by atoms with Crippen LogP contribution in [0.2, 0.25) is 5.02 Å². The lowest BCUT2D eigenvalue weighted by Crippen LogP contribution is -2.31. The highest BCUT2D eigenvalue weighted by atomic mass is 35.5. The minimum absolute atomic E-state index is 0.267. The van der Waals surface area contributed by atoms with Crippen molar-refractivity contribution in [3.05, 3.63) is 34.6 Å². The number of hydrogen-bond donors (Lipinski definition) is 1. The molecule has 1 saturated carbocycles. The Hall–Kier alpha value is -0.250. The summed E-state index contributed by atoms with van der Waals surface area (Å²) in [4.78, 5) is 0. The van der Waals surface area contributed by atoms with Gasteiger partial charge in [-0.15, -0.1) is 0 Å². The first-order chi connectivity index (χ1) is 9.69. The molecule has 0 aliphatic heterocycles. The molecule has 0 radical (unpaired) electrons. The maximum Gasteiger partial charge on any atom is 0.124 e. The van der Waals surface area contributed by atoms with Crippen LogP contribution < -0.4 is 5.32 Å². The molecular formula is C16H23ClFNS. The third-order valence-corrected chi connectivity index (χ3v) is 5.86. The number of likely N-dealkylation sites (N-methyl/N-ethyl adjacent to an activating group) is 1. The van der Waals surface area contributed by atoms with Gasteiger partial charge in [0, 0.05) is 22.1 Å². The molecule has 1 aliphatic carbocycles. The second-order valence-corrected chi connectivity index (χ2v) is 7.26. The highest BCUT2D eigenvalue weighted by Gasteiger charge is 2.17. The zero-order valence-corrected chi connectivity index (χ0v) is 13.6. The minimum Gasteiger partial charge on any atom is -0.316 e. The zero-order chi connectivity index (χ0) is 14.4. The Morgan fingerprint density at radius 1 is 1.35 bits per heavy atom. The fourth-order valence-corrected chi connectivity index (χ4v) is 4.38. The first kappa shape index (κ1) is 16.1. The number of hydrogen-bond acceptors (Lipinski definition) is 2. The monoisotopic (exact) mass is 315 g/mol. The van der Waals surface area contributed by atoms with Gasteiger partial charge in [-0.1, -0.05) is 36.9 Å². The summed E-state index contributed by atoms with van der Waals surface area (Å²) in [5, 5.41) is 4.72. The van der Waals surface area contributed by atoms with Crippen LogP contribution in [-0.4, -0.2) is 24.1 Å². The van der Waals surface area contributed by atoms with E-state index in [9.17, 15) is 4.39 Å². The summed E-state index contributed by atoms with van der Waals surface area (Å²) in [5.74, 6) is 0.825. The van der Waals surface area contributed by atoms with Crippen LogP contribution in [0, 0.1) is 5.82 Å². The molecular weight excluding hydrogens is 293 g/mol. The Morgan fingerprint density at radius 3 is 2.75 bits per heavy atom. The Kier molecular flexibility index (Phi) is 6.66. The van der Waals surface area contributed by atoms with Gasteiger partial charge in [0.05, 0.1) is 0 Å². The van der Waals surface area contributed by atoms with Crippen LogP contribution in [0.5, 0.6) is 0 Å². The summed E-state index contributed by atoms with van der Waals surface area (Å²) < 4.78 is 13.1. The molecule has 0 saturated heterocycles. The maximum atomic E-state index is 13.1. The van der Waals surface area contributed by atoms with E-state index in [1.54, 1.807) is 6.07 Å². The van der Waals surface area contributed by atoms with Crippen LogP contribution in [0.4, 0.5) is 4.39 Å². The molecule has 0 spiro atoms. The van der Waals surface area contributed by atoms with Crippen LogP contribution in [-0.2, 0) is 6.42 Å². The lowest BCUT2D eigenvalue weighted by molar-refractivity contribution is 0.514. The molecule has 1 aromatic rings. The van der Waals surface area contributed by atoms with E-state index in [4.69, 9.17) is 11.6 Å². The molecule has 4 heteroatoms. The smallest absolute Gasteiger partial charge is 0.124 e. The van der Waals surface area contributed by atoms with Gasteiger partial charge in [0.25, 0.3) is 0 Å². The molecule has 0 heterocycles. The fourth-order valence-electron chi connectivity index (χ4n) is 2.68. The van der Waals surface area contributed by atoms with Crippen molar-refractivity contribution in [3.8, 4) is 0 Å². The van der Waals surface area contributed by atoms with Gasteiger partial charge in [0.1, 0.15) is 5.82 Å². The summed E-state index contributed by atoms with van der Waals surface area (Å²) in [5.41, 5.74) is 1.02. The molecule has 1 nitrogen and oxygen atoms in total. The topological polar surface area (TPSA) is 12.0 Å². The van der Waals surface area contributed by atoms with Crippen molar-refractivity contribution in [1.29, 1.82) is 0 Å². The van der Waals surface area contributed by atoms with Gasteiger partial charge in [0.2, 0.25) is 0 Å². The molecule has 1 atom stereocenters. The molecule has 1 aliphatic rings. The molecule has 0 amide bonds. The van der Waals surface area contributed by atoms with Gasteiger partial charge in [-0.05, 0) is 44.0 Å². The predicted molar refractivity (Wildman–Crippen MR) is 87.3 cm³/mol. The van der Waals surface area contributed by atoms with Crippen molar-refractivity contribution in [1.82, 2.24) is 5.32 Å². The van der Waals surface area contributed by atoms with Crippen LogP contribution in [0.1, 0.15) is 37.7 Å². The number of thioether (sulfide) groups is 1. The number of rotatable bonds is 6. The summed E-state index contributed by atoms with van der Waals surface area (Å²) in [6.07, 6.45) is 7.74. The van der Waals surface area contributed by atoms with Gasteiger partial charge in [-0.3, -0.25) is 0 Å². The molecule has 2 rings (SSSR count). The number of benzene rings is 1. The van der Waals surface area contributed by atoms with Crippen molar-refractivity contribution in [2.45, 2.75) is 49.8 Å². The third-order valence-electron chi connectivity index (χ3n) is 3.97. The minimum atomic E-state index is -0.267. The van der Waals surface area contributed by atoms with Crippen LogP contribution in [0.3, 0.4) is 0 Å². The molecule has 112 valence electrons. The normalized spacial score (nSPS) is 18.1. The molecule has 1 N–H and O–H groups in total. The highest BCUT2D eigenvalue weighted by molar-refractivity contribution is 7.99. The van der Waals surface area contributed by atoms with Gasteiger partial charge >= 0.3 is 0 Å². The van der Waals surface area contributed by atoms with Gasteiger partial charge < -0.3 is 5.32 Å². The van der Waals surface area contributed by atoms with E-state index in [0.717, 1.165) is 23.0 Å². The summed E-state index contributed by atoms with van der Waals surface area (Å²) >= 11 is 8.18. The molecule has 1 aromatic carbocycles. The van der Waals surface area contributed by atoms with Crippen LogP contribution in [0.15, 0.2) is 18.2 Å². The maximum absolute atomic E-state index is 13.1. The first-order valence-corrected chi connectivity index (χ1v) is 8.84. The second-order valence-electron chi connectivity index (χ2n) is 5.52. The van der Waals surface area contributed by atoms with E-state index in [1.807, 2.05) is 7.05 Å². The van der Waals surface area contributed by atoms with E-state index >= 15 is 0 Å². The number of nitrogens with one attached hydrogen (secondary N) is 1. The molecule has 20 heavy (non-hydrogen) atoms. The third kappa shape index (κ3) is 4.94. The molecule has 0 bridgehead atoms. The first-order valence-electron chi connectivity index (χ1n) is 7.42. The fraction of sp³-hybridized carbons (Fsp3) is 0.625. The summed E-state index contributed by atoms with van der Waals surface area (Å²) in [6, 6.07) is 5.08. The molecule has 1 unspecified atom stereocenters. The average Bonchev–Trinajstić information content (AvgIpc) is 2.46. The van der Waals surface area contributed by atoms with E-state index in [0.29, 0.717) is 11.1 Å². The predicted octanol–water partition coefficient (Wildman–Crippen LogP) is 4.68. The molecule has 0 aromatic heterocycles. The van der Waals surface area contributed by atoms with Crippen LogP contribution in [0.25, 0.3) is 0 Å². The van der Waals surface area contributed by atoms with E-state index < -0.39 is 0 Å². The Bertz CT molecular complexity index is 421. The van der Waals surface area contributed by atoms with Crippen LogP contribution >= 0.6 is 23.4 Å². The van der Waals surface area contributed by atoms with Gasteiger partial charge in [-0.2, -0.15) is 11.8 Å². The van der Waals surface area contributed by atoms with Gasteiger partial charge in [0.15, 0.2) is 0 Å². The van der Waals surface area contributed by atoms with Crippen molar-refractivity contribution >= 4 is 23.4 Å². The lowest BCUT2D eigenvalue weighted by Gasteiger charge is -2.24. The quantitative estimate of drug-likeness (QED) is 0.818. The summed E-state index contributed by atoms with van der Waals surface area (Å²) in [7, 11) is 1.99. The standard InChI is InChI=1S/C16H23ClFNS/c1-19-14(11-20-15-5-3-2-4-6-15)9-12-7-8-13(18)10-16(12)17/h7-8,10,14-15,19H,2-6,9,11H2,1H3. The Labute approximate surface area is 130 Å². The van der Waals surface area contributed by atoms with Crippen molar-refractivity contribution < 1.29 is 4.39 Å².